The summed E-state index contributed by atoms with van der Waals surface area (Å²) < 4.78 is 10.5. The van der Waals surface area contributed by atoms with E-state index in [0.29, 0.717) is 41.3 Å². The van der Waals surface area contributed by atoms with Gasteiger partial charge in [0.25, 0.3) is 0 Å². The molecule has 0 fully saturated rings. The number of hydrogen-bond acceptors (Lipinski definition) is 6. The molecular formula is C21H23N3O5. The van der Waals surface area contributed by atoms with Crippen molar-refractivity contribution in [2.75, 3.05) is 19.0 Å². The number of aromatic hydroxyl groups is 1. The first-order valence-electron chi connectivity index (χ1n) is 8.86. The van der Waals surface area contributed by atoms with Crippen LogP contribution in [0.15, 0.2) is 54.2 Å². The van der Waals surface area contributed by atoms with Gasteiger partial charge in [-0.05, 0) is 43.2 Å². The Labute approximate surface area is 168 Å². The van der Waals surface area contributed by atoms with Crippen molar-refractivity contribution in [3.63, 3.8) is 0 Å². The van der Waals surface area contributed by atoms with Crippen LogP contribution in [-0.4, -0.2) is 36.9 Å². The summed E-state index contributed by atoms with van der Waals surface area (Å²) in [7, 11) is 1.50. The Morgan fingerprint density at radius 2 is 2.03 bits per heavy atom. The average Bonchev–Trinajstić information content (AvgIpc) is 2.71. The number of anilines is 1. The molecule has 2 amide bonds. The van der Waals surface area contributed by atoms with Crippen LogP contribution >= 0.6 is 0 Å². The van der Waals surface area contributed by atoms with Crippen LogP contribution < -0.4 is 20.2 Å². The molecule has 8 heteroatoms. The summed E-state index contributed by atoms with van der Waals surface area (Å²) in [5.41, 5.74) is 3.77. The number of amides is 2. The van der Waals surface area contributed by atoms with Crippen molar-refractivity contribution in [3.05, 3.63) is 60.2 Å². The van der Waals surface area contributed by atoms with Gasteiger partial charge in [-0.15, -0.1) is 6.58 Å². The first kappa shape index (κ1) is 21.5. The SMILES string of the molecule is C=CCc1cc(/C=N/NC(=O)C(=O)Nc2cccc(OC)c2)cc(OCC)c1O. The largest absolute Gasteiger partial charge is 0.504 e. The molecule has 2 aromatic carbocycles. The smallest absolute Gasteiger partial charge is 0.329 e. The van der Waals surface area contributed by atoms with Gasteiger partial charge in [0.2, 0.25) is 0 Å². The molecule has 0 saturated heterocycles. The molecule has 0 aliphatic carbocycles. The van der Waals surface area contributed by atoms with E-state index < -0.39 is 11.8 Å². The van der Waals surface area contributed by atoms with E-state index in [1.165, 1.54) is 13.3 Å². The van der Waals surface area contributed by atoms with Crippen molar-refractivity contribution < 1.29 is 24.2 Å². The number of allylic oxidation sites excluding steroid dienone is 1. The molecule has 29 heavy (non-hydrogen) atoms. The van der Waals surface area contributed by atoms with E-state index in [0.717, 1.165) is 0 Å². The number of hydrazone groups is 1. The van der Waals surface area contributed by atoms with Crippen molar-refractivity contribution >= 4 is 23.7 Å². The van der Waals surface area contributed by atoms with Gasteiger partial charge in [-0.3, -0.25) is 9.59 Å². The molecule has 0 atom stereocenters. The Hall–Kier alpha value is -3.81. The number of rotatable bonds is 8. The van der Waals surface area contributed by atoms with Gasteiger partial charge in [0.05, 0.1) is 19.9 Å². The van der Waals surface area contributed by atoms with E-state index in [4.69, 9.17) is 9.47 Å². The molecular weight excluding hydrogens is 374 g/mol. The molecule has 2 aromatic rings. The summed E-state index contributed by atoms with van der Waals surface area (Å²) in [4.78, 5) is 23.9. The van der Waals surface area contributed by atoms with Crippen LogP contribution in [0.1, 0.15) is 18.1 Å². The fraction of sp³-hybridized carbons (Fsp3) is 0.190. The fourth-order valence-electron chi connectivity index (χ4n) is 2.45. The quantitative estimate of drug-likeness (QED) is 0.275. The second-order valence-corrected chi connectivity index (χ2v) is 5.84. The van der Waals surface area contributed by atoms with Gasteiger partial charge in [0.1, 0.15) is 5.75 Å². The lowest BCUT2D eigenvalue weighted by Crippen LogP contribution is -2.32. The highest BCUT2D eigenvalue weighted by atomic mass is 16.5. The van der Waals surface area contributed by atoms with E-state index in [-0.39, 0.29) is 5.75 Å². The summed E-state index contributed by atoms with van der Waals surface area (Å²) >= 11 is 0. The van der Waals surface area contributed by atoms with E-state index in [1.54, 1.807) is 49.4 Å². The lowest BCUT2D eigenvalue weighted by atomic mass is 10.1. The predicted octanol–water partition coefficient (Wildman–Crippen LogP) is 2.62. The maximum absolute atomic E-state index is 12.0. The number of ether oxygens (including phenoxy) is 2. The van der Waals surface area contributed by atoms with E-state index >= 15 is 0 Å². The monoisotopic (exact) mass is 397 g/mol. The van der Waals surface area contributed by atoms with Crippen molar-refractivity contribution in [3.8, 4) is 17.2 Å². The Balaban J connectivity index is 2.04. The second-order valence-electron chi connectivity index (χ2n) is 5.84. The first-order chi connectivity index (χ1) is 14.0. The standard InChI is InChI=1S/C21H23N3O5/c1-4-7-15-10-14(11-18(19(15)25)29-5-2)13-22-24-21(27)20(26)23-16-8-6-9-17(12-16)28-3/h4,6,8-13,25H,1,5,7H2,2-3H3,(H,23,26)(H,24,27)/b22-13+. The number of carbonyl (C=O) groups excluding carboxylic acids is 2. The van der Waals surface area contributed by atoms with Crippen molar-refractivity contribution in [1.82, 2.24) is 5.43 Å². The zero-order chi connectivity index (χ0) is 21.2. The molecule has 0 radical (unpaired) electrons. The normalized spacial score (nSPS) is 10.4. The highest BCUT2D eigenvalue weighted by Crippen LogP contribution is 2.31. The number of nitrogens with one attached hydrogen (secondary N) is 2. The number of phenols is 1. The minimum atomic E-state index is -0.931. The second kappa shape index (κ2) is 10.5. The summed E-state index contributed by atoms with van der Waals surface area (Å²) in [5.74, 6) is -0.919. The van der Waals surface area contributed by atoms with Gasteiger partial charge >= 0.3 is 11.8 Å². The summed E-state index contributed by atoms with van der Waals surface area (Å²) in [5, 5.41) is 16.4. The molecule has 0 unspecified atom stereocenters. The molecule has 2 rings (SSSR count). The maximum Gasteiger partial charge on any atom is 0.329 e. The van der Waals surface area contributed by atoms with Crippen molar-refractivity contribution in [1.29, 1.82) is 0 Å². The topological polar surface area (TPSA) is 109 Å². The van der Waals surface area contributed by atoms with E-state index in [9.17, 15) is 14.7 Å². The van der Waals surface area contributed by atoms with Crippen LogP contribution in [0, 0.1) is 0 Å². The Bertz CT molecular complexity index is 925. The molecule has 0 aliphatic heterocycles. The van der Waals surface area contributed by atoms with Crippen molar-refractivity contribution in [2.24, 2.45) is 5.10 Å². The van der Waals surface area contributed by atoms with Crippen molar-refractivity contribution in [2.45, 2.75) is 13.3 Å². The minimum absolute atomic E-state index is 0.0330. The van der Waals surface area contributed by atoms with Gasteiger partial charge < -0.3 is 19.9 Å². The third kappa shape index (κ3) is 6.10. The molecule has 0 heterocycles. The number of methoxy groups -OCH3 is 1. The number of carbonyl (C=O) groups is 2. The molecule has 152 valence electrons. The van der Waals surface area contributed by atoms with Crippen LogP contribution in [0.4, 0.5) is 5.69 Å². The predicted molar refractivity (Wildman–Crippen MR) is 111 cm³/mol. The highest BCUT2D eigenvalue weighted by Gasteiger charge is 2.13. The van der Waals surface area contributed by atoms with E-state index in [1.807, 2.05) is 0 Å². The molecule has 0 spiro atoms. The number of benzene rings is 2. The average molecular weight is 397 g/mol. The summed E-state index contributed by atoms with van der Waals surface area (Å²) in [6.45, 7) is 5.84. The zero-order valence-corrected chi connectivity index (χ0v) is 16.3. The third-order valence-corrected chi connectivity index (χ3v) is 3.75. The van der Waals surface area contributed by atoms with E-state index in [2.05, 4.69) is 22.4 Å². The molecule has 0 aliphatic rings. The third-order valence-electron chi connectivity index (χ3n) is 3.75. The molecule has 8 nitrogen and oxygen atoms in total. The Morgan fingerprint density at radius 3 is 2.72 bits per heavy atom. The Morgan fingerprint density at radius 1 is 1.24 bits per heavy atom. The van der Waals surface area contributed by atoms with Gasteiger partial charge in [0, 0.05) is 17.3 Å². The lowest BCUT2D eigenvalue weighted by molar-refractivity contribution is -0.136. The Kier molecular flexibility index (Phi) is 7.78. The minimum Gasteiger partial charge on any atom is -0.504 e. The maximum atomic E-state index is 12.0. The van der Waals surface area contributed by atoms with Crippen LogP contribution in [0.25, 0.3) is 0 Å². The molecule has 0 aromatic heterocycles. The van der Waals surface area contributed by atoms with Gasteiger partial charge in [-0.2, -0.15) is 5.10 Å². The van der Waals surface area contributed by atoms with Gasteiger partial charge in [-0.1, -0.05) is 12.1 Å². The highest BCUT2D eigenvalue weighted by molar-refractivity contribution is 6.39. The van der Waals surface area contributed by atoms with Crippen LogP contribution in [0.2, 0.25) is 0 Å². The number of nitrogens with zero attached hydrogens (tertiary/aromatic N) is 1. The molecule has 0 saturated carbocycles. The molecule has 0 bridgehead atoms. The first-order valence-corrected chi connectivity index (χ1v) is 8.86. The van der Waals surface area contributed by atoms with Crippen LogP contribution in [-0.2, 0) is 16.0 Å². The zero-order valence-electron chi connectivity index (χ0n) is 16.3. The fourth-order valence-corrected chi connectivity index (χ4v) is 2.45. The van der Waals surface area contributed by atoms with Gasteiger partial charge in [-0.25, -0.2) is 5.43 Å². The number of phenolic OH excluding ortho intramolecular Hbond substituents is 1. The van der Waals surface area contributed by atoms with Crippen LogP contribution in [0.5, 0.6) is 17.2 Å². The number of hydrogen-bond donors (Lipinski definition) is 3. The van der Waals surface area contributed by atoms with Gasteiger partial charge in [0.15, 0.2) is 11.5 Å². The summed E-state index contributed by atoms with van der Waals surface area (Å²) in [6, 6.07) is 9.88. The van der Waals surface area contributed by atoms with Crippen LogP contribution in [0.3, 0.4) is 0 Å². The summed E-state index contributed by atoms with van der Waals surface area (Å²) in [6.07, 6.45) is 3.44. The lowest BCUT2D eigenvalue weighted by Gasteiger charge is -2.10. The molecule has 3 N–H and O–H groups in total.